The van der Waals surface area contributed by atoms with Gasteiger partial charge in [-0.2, -0.15) is 0 Å². The summed E-state index contributed by atoms with van der Waals surface area (Å²) in [5.41, 5.74) is 2.18. The third-order valence-corrected chi connectivity index (χ3v) is 13.5. The number of halogens is 6. The molecule has 8 rings (SSSR count). The first-order valence-electron chi connectivity index (χ1n) is 20.7. The topological polar surface area (TPSA) is 130 Å². The van der Waals surface area contributed by atoms with Gasteiger partial charge in [0.2, 0.25) is 0 Å². The fraction of sp³-hybridized carbons (Fsp3) is 0.467. The molecule has 0 spiro atoms. The van der Waals surface area contributed by atoms with Gasteiger partial charge in [0, 0.05) is 44.7 Å². The molecule has 5 aromatic rings. The molecule has 66 heavy (non-hydrogen) atoms. The van der Waals surface area contributed by atoms with Gasteiger partial charge in [0.05, 0.1) is 48.5 Å². The summed E-state index contributed by atoms with van der Waals surface area (Å²) in [4.78, 5) is 15.9. The normalized spacial score (nSPS) is 18.8. The Hall–Kier alpha value is -2.17. The molecular weight excluding hydrogens is 1060 g/mol. The number of fused-ring (bicyclic) bond motifs is 2. The van der Waals surface area contributed by atoms with Crippen molar-refractivity contribution in [2.24, 2.45) is 0 Å². The molecule has 0 saturated carbocycles. The van der Waals surface area contributed by atoms with Gasteiger partial charge in [0.15, 0.2) is 0 Å². The zero-order chi connectivity index (χ0) is 48.5. The van der Waals surface area contributed by atoms with Crippen molar-refractivity contribution < 1.29 is 63.0 Å². The van der Waals surface area contributed by atoms with E-state index in [4.69, 9.17) is 34.5 Å². The van der Waals surface area contributed by atoms with E-state index in [0.29, 0.717) is 5.46 Å². The third kappa shape index (κ3) is 13.6. The van der Waals surface area contributed by atoms with Crippen molar-refractivity contribution in [3.8, 4) is 0 Å². The van der Waals surface area contributed by atoms with E-state index < -0.39 is 43.1 Å². The van der Waals surface area contributed by atoms with E-state index in [1.165, 1.54) is 30.3 Å². The van der Waals surface area contributed by atoms with Gasteiger partial charge in [0.1, 0.15) is 17.5 Å². The molecule has 3 aliphatic rings. The van der Waals surface area contributed by atoms with Crippen LogP contribution in [-0.4, -0.2) is 92.7 Å². The molecule has 2 N–H and O–H groups in total. The Bertz CT molecular complexity index is 2410. The van der Waals surface area contributed by atoms with Gasteiger partial charge in [0.25, 0.3) is 5.69 Å². The van der Waals surface area contributed by atoms with Crippen molar-refractivity contribution in [2.45, 2.75) is 137 Å². The molecule has 0 radical (unpaired) electrons. The van der Waals surface area contributed by atoms with Crippen molar-refractivity contribution in [1.82, 2.24) is 9.97 Å². The molecule has 5 heterocycles. The summed E-state index contributed by atoms with van der Waals surface area (Å²) in [7, 11) is -1.51. The molecule has 0 aliphatic carbocycles. The summed E-state index contributed by atoms with van der Waals surface area (Å²) in [6.45, 7) is 34.6. The Kier molecular flexibility index (Phi) is 20.6. The maximum Gasteiger partial charge on any atom is 2.00 e. The van der Waals surface area contributed by atoms with Crippen LogP contribution in [0.3, 0.4) is 0 Å². The Labute approximate surface area is 431 Å². The van der Waals surface area contributed by atoms with Crippen LogP contribution in [0, 0.1) is 48.0 Å². The molecule has 0 bridgehead atoms. The molecule has 11 nitrogen and oxygen atoms in total. The first kappa shape index (κ1) is 60.0. The second-order valence-corrected chi connectivity index (χ2v) is 20.4. The average molecular weight is 1120 g/mol. The van der Waals surface area contributed by atoms with Gasteiger partial charge >= 0.3 is 44.2 Å². The number of allylic oxidation sites excluding steroid dienone is 1. The number of nitrogens with zero attached hydrogens (tertiary/aromatic N) is 1. The average Bonchev–Trinajstić information content (AvgIpc) is 3.88. The van der Waals surface area contributed by atoms with E-state index in [9.17, 15) is 23.3 Å². The number of aryl methyl sites for hydroxylation is 2. The minimum Gasteiger partial charge on any atom is -1.00 e. The maximum atomic E-state index is 13.9. The maximum absolute atomic E-state index is 13.9. The fourth-order valence-corrected chi connectivity index (χ4v) is 7.47. The number of aromatic nitrogens is 2. The van der Waals surface area contributed by atoms with Crippen molar-refractivity contribution in [2.75, 3.05) is 0 Å². The van der Waals surface area contributed by atoms with Crippen LogP contribution in [0.25, 0.3) is 21.8 Å². The van der Waals surface area contributed by atoms with E-state index in [0.717, 1.165) is 55.6 Å². The summed E-state index contributed by atoms with van der Waals surface area (Å²) in [5.74, 6) is -0.982. The number of H-pyrrole nitrogens is 2. The molecular formula is C45H58B3Br3F3MgN3O8. The van der Waals surface area contributed by atoms with Gasteiger partial charge in [-0.1, -0.05) is 6.92 Å². The molecule has 354 valence electrons. The Morgan fingerprint density at radius 1 is 0.621 bits per heavy atom. The van der Waals surface area contributed by atoms with Crippen LogP contribution in [0.5, 0.6) is 0 Å². The van der Waals surface area contributed by atoms with E-state index in [2.05, 4.69) is 41.8 Å². The van der Waals surface area contributed by atoms with Gasteiger partial charge in [-0.15, -0.1) is 0 Å². The molecule has 3 aliphatic heterocycles. The fourth-order valence-electron chi connectivity index (χ4n) is 6.43. The van der Waals surface area contributed by atoms with Crippen molar-refractivity contribution in [1.29, 1.82) is 0 Å². The number of hydrogen-bond acceptors (Lipinski definition) is 8. The second-order valence-electron chi connectivity index (χ2n) is 18.7. The van der Waals surface area contributed by atoms with Crippen LogP contribution < -0.4 is 22.4 Å². The monoisotopic (exact) mass is 1120 g/mol. The first-order chi connectivity index (χ1) is 29.3. The predicted octanol–water partition coefficient (Wildman–Crippen LogP) is 8.66. The number of hydrogen-bond donors (Lipinski definition) is 2. The molecule has 3 saturated heterocycles. The van der Waals surface area contributed by atoms with E-state index >= 15 is 0 Å². The van der Waals surface area contributed by atoms with E-state index in [-0.39, 0.29) is 84.2 Å². The van der Waals surface area contributed by atoms with Gasteiger partial charge in [-0.3, -0.25) is 16.2 Å². The molecule has 0 amide bonds. The van der Waals surface area contributed by atoms with Crippen molar-refractivity contribution in [3.05, 3.63) is 115 Å². The number of benzene rings is 3. The molecule has 2 aromatic heterocycles. The van der Waals surface area contributed by atoms with Crippen LogP contribution in [0.1, 0.15) is 101 Å². The number of nitro benzene ring substituents is 1. The number of nitro groups is 1. The smallest absolute Gasteiger partial charge is 1.00 e. The summed E-state index contributed by atoms with van der Waals surface area (Å²) >= 11 is 6.16. The van der Waals surface area contributed by atoms with Gasteiger partial charge < -0.3 is 61.5 Å². The van der Waals surface area contributed by atoms with Crippen molar-refractivity contribution >= 4 is 109 Å². The summed E-state index contributed by atoms with van der Waals surface area (Å²) in [6.07, 6.45) is 5.24. The predicted molar refractivity (Wildman–Crippen MR) is 263 cm³/mol. The number of aromatic amines is 2. The van der Waals surface area contributed by atoms with Crippen LogP contribution in [-0.2, 0) is 27.9 Å². The van der Waals surface area contributed by atoms with Crippen LogP contribution in [0.2, 0.25) is 0 Å². The second kappa shape index (κ2) is 22.7. The zero-order valence-electron chi connectivity index (χ0n) is 40.3. The summed E-state index contributed by atoms with van der Waals surface area (Å²) in [6, 6.07) is 9.22. The quantitative estimate of drug-likeness (QED) is 0.0796. The molecule has 0 unspecified atom stereocenters. The molecule has 3 aromatic carbocycles. The minimum absolute atomic E-state index is 0. The first-order valence-corrected chi connectivity index (χ1v) is 22.2. The standard InChI is InChI=1S/C15H19BFNO2.C12H24B2O4.C9H7BrFN.C6H3BrFNO2.C3H5.BrH.Mg/c1-9-8-18-13-11(9)6-10(17)7-12(13)16-19-14(2,3)15(4,5)20-16;1-9(2)10(3,4)16-13(15-9)14-17-11(5,6)12(7,8)18-14;1-5-4-12-9-7(5)2-6(11)3-8(9)10;7-5-3-4(8)1-2-6(5)9(10)11;1-3-2;;/h6-8,18H,1-5H3;1-8H3;2-4,12H,1H3;1-3H;1,3H,2H3;1H;/q;;;;-1;;+2/p-1. The van der Waals surface area contributed by atoms with Gasteiger partial charge in [-0.05, 0) is 176 Å². The molecule has 0 atom stereocenters. The number of rotatable bonds is 3. The summed E-state index contributed by atoms with van der Waals surface area (Å²) in [5, 5.41) is 12.0. The van der Waals surface area contributed by atoms with Crippen LogP contribution in [0.15, 0.2) is 69.9 Å². The van der Waals surface area contributed by atoms with Crippen LogP contribution in [0.4, 0.5) is 18.9 Å². The molecule has 21 heteroatoms. The zero-order valence-corrected chi connectivity index (χ0v) is 46.4. The Morgan fingerprint density at radius 3 is 1.36 bits per heavy atom. The Balaban J connectivity index is 0.000000301. The SMILES string of the molecule is CC1(C)OB(B2OC(C)(C)C(C)(C)O2)OC1(C)C.Cc1c[nH]c2c(B3OC(C)(C)C(C)(C)O3)cc(F)cc12.Cc1c[nH]c2c(Br)cc(F)cc12.O=[N+]([O-])c1ccc(F)cc1Br.[Br-].[CH-]=CC.[Mg+2]. The van der Waals surface area contributed by atoms with E-state index in [1.54, 1.807) is 6.92 Å². The third-order valence-electron chi connectivity index (χ3n) is 12.3. The molecule has 3 fully saturated rings. The van der Waals surface area contributed by atoms with E-state index in [1.807, 2.05) is 109 Å². The Morgan fingerprint density at radius 2 is 0.970 bits per heavy atom. The number of nitrogens with one attached hydrogen (secondary N) is 2. The van der Waals surface area contributed by atoms with Crippen molar-refractivity contribution in [3.63, 3.8) is 0 Å². The largest absolute Gasteiger partial charge is 2.00 e. The summed E-state index contributed by atoms with van der Waals surface area (Å²) < 4.78 is 75.9. The van der Waals surface area contributed by atoms with Gasteiger partial charge in [-0.25, -0.2) is 13.2 Å². The van der Waals surface area contributed by atoms with Crippen LogP contribution >= 0.6 is 31.9 Å². The minimum atomic E-state index is -0.580.